The normalized spacial score (nSPS) is 16.9. The number of hydrogen-bond donors (Lipinski definition) is 1. The number of aliphatic carboxylic acids is 1. The Bertz CT molecular complexity index is 1050. The average molecular weight is 487 g/mol. The van der Waals surface area contributed by atoms with Gasteiger partial charge in [0, 0.05) is 0 Å². The van der Waals surface area contributed by atoms with E-state index in [2.05, 4.69) is 0 Å². The van der Waals surface area contributed by atoms with Gasteiger partial charge >= 0.3 is 171 Å². The van der Waals surface area contributed by atoms with Gasteiger partial charge in [-0.15, -0.1) is 0 Å². The van der Waals surface area contributed by atoms with Crippen molar-refractivity contribution in [2.75, 3.05) is 0 Å². The van der Waals surface area contributed by atoms with Crippen molar-refractivity contribution in [2.24, 2.45) is 0 Å². The Hall–Kier alpha value is -2.25. The van der Waals surface area contributed by atoms with Crippen LogP contribution >= 0.6 is 0 Å². The summed E-state index contributed by atoms with van der Waals surface area (Å²) in [5.74, 6) is -1.99. The minimum atomic E-state index is -4.91. The zero-order chi connectivity index (χ0) is 21.2. The van der Waals surface area contributed by atoms with Crippen LogP contribution in [0.25, 0.3) is 6.08 Å². The van der Waals surface area contributed by atoms with Gasteiger partial charge in [-0.2, -0.15) is 0 Å². The summed E-state index contributed by atoms with van der Waals surface area (Å²) < 4.78 is 69.3. The summed E-state index contributed by atoms with van der Waals surface area (Å²) >= 11 is -1.11. The van der Waals surface area contributed by atoms with Crippen LogP contribution in [0.5, 0.6) is 5.75 Å². The quantitative estimate of drug-likeness (QED) is 0.631. The van der Waals surface area contributed by atoms with Crippen LogP contribution in [0.4, 0.5) is 13.2 Å². The predicted molar refractivity (Wildman–Crippen MR) is 100 cm³/mol. The molecule has 0 amide bonds. The van der Waals surface area contributed by atoms with Crippen molar-refractivity contribution in [3.8, 4) is 5.75 Å². The average Bonchev–Trinajstić information content (AvgIpc) is 2.66. The number of ether oxygens (including phenoxy) is 1. The summed E-state index contributed by atoms with van der Waals surface area (Å²) in [6.45, 7) is 0. The van der Waals surface area contributed by atoms with Crippen molar-refractivity contribution in [3.05, 3.63) is 65.2 Å². The Kier molecular flexibility index (Phi) is 6.10. The number of alkyl halides is 3. The number of rotatable bonds is 6. The Labute approximate surface area is 170 Å². The van der Waals surface area contributed by atoms with Crippen LogP contribution in [0, 0.1) is 0 Å². The fourth-order valence-corrected chi connectivity index (χ4v) is 8.05. The molecule has 29 heavy (non-hydrogen) atoms. The van der Waals surface area contributed by atoms with Crippen LogP contribution in [-0.4, -0.2) is 46.4 Å². The topological polar surface area (TPSA) is 80.7 Å². The van der Waals surface area contributed by atoms with E-state index in [1.54, 1.807) is 0 Å². The van der Waals surface area contributed by atoms with Crippen LogP contribution in [0.15, 0.2) is 59.0 Å². The van der Waals surface area contributed by atoms with Crippen LogP contribution < -0.4 is 4.74 Å². The third-order valence-corrected chi connectivity index (χ3v) is 10.6. The fourth-order valence-electron chi connectivity index (χ4n) is 2.77. The molecule has 0 saturated carbocycles. The van der Waals surface area contributed by atoms with Gasteiger partial charge in [-0.05, 0) is 0 Å². The Morgan fingerprint density at radius 2 is 1.83 bits per heavy atom. The molecule has 0 spiro atoms. The number of aryl methyl sites for hydroxylation is 1. The maximum absolute atomic E-state index is 13.1. The van der Waals surface area contributed by atoms with E-state index in [-0.39, 0.29) is 16.2 Å². The molecule has 1 radical (unpaired) electrons. The van der Waals surface area contributed by atoms with Crippen LogP contribution in [0.2, 0.25) is 5.21 Å². The van der Waals surface area contributed by atoms with Gasteiger partial charge in [0.2, 0.25) is 0 Å². The molecule has 1 N–H and O–H groups in total. The van der Waals surface area contributed by atoms with E-state index in [9.17, 15) is 26.4 Å². The molecule has 0 fully saturated rings. The fraction of sp³-hybridized carbons (Fsp3) is 0.211. The molecule has 1 aliphatic heterocycles. The zero-order valence-electron chi connectivity index (χ0n) is 14.8. The zero-order valence-corrected chi connectivity index (χ0v) is 17.5. The summed E-state index contributed by atoms with van der Waals surface area (Å²) in [4.78, 5) is 11.2. The second-order valence-corrected chi connectivity index (χ2v) is 13.5. The van der Waals surface area contributed by atoms with E-state index in [0.29, 0.717) is 11.6 Å². The first-order valence-corrected chi connectivity index (χ1v) is 13.4. The number of carboxylic acid groups (broad SMARTS) is 1. The molecule has 5 nitrogen and oxygen atoms in total. The second kappa shape index (κ2) is 8.24. The van der Waals surface area contributed by atoms with E-state index in [1.165, 1.54) is 12.1 Å². The summed E-state index contributed by atoms with van der Waals surface area (Å²) in [6.07, 6.45) is -6.09. The van der Waals surface area contributed by atoms with Gasteiger partial charge in [-0.3, -0.25) is 0 Å². The number of fused-ring (bicyclic) bond motifs is 1. The number of carboxylic acids is 1. The molecule has 0 aliphatic carbocycles. The van der Waals surface area contributed by atoms with Crippen LogP contribution in [0.3, 0.4) is 0 Å². The van der Waals surface area contributed by atoms with Crippen molar-refractivity contribution in [2.45, 2.75) is 28.8 Å². The molecule has 0 bridgehead atoms. The van der Waals surface area contributed by atoms with Crippen molar-refractivity contribution < 1.29 is 36.2 Å². The van der Waals surface area contributed by atoms with Gasteiger partial charge in [0.1, 0.15) is 0 Å². The molecule has 1 heterocycles. The molecule has 1 unspecified atom stereocenters. The SMILES string of the molecule is O=C(O)C1=Cc2cc(S(=O)(=O)[As]CCc3ccccc3)ccc2OC1C(F)(F)F. The van der Waals surface area contributed by atoms with Gasteiger partial charge in [-0.1, -0.05) is 0 Å². The summed E-state index contributed by atoms with van der Waals surface area (Å²) in [6, 6.07) is 12.9. The van der Waals surface area contributed by atoms with E-state index in [1.807, 2.05) is 30.3 Å². The molecule has 1 atom stereocenters. The molecule has 0 saturated heterocycles. The molecule has 3 rings (SSSR count). The Morgan fingerprint density at radius 3 is 2.45 bits per heavy atom. The maximum atomic E-state index is 13.1. The summed E-state index contributed by atoms with van der Waals surface area (Å²) in [7, 11) is -3.60. The molecule has 2 aromatic rings. The number of carbonyl (C=O) groups is 1. The van der Waals surface area contributed by atoms with Gasteiger partial charge in [0.15, 0.2) is 0 Å². The van der Waals surface area contributed by atoms with Crippen molar-refractivity contribution >= 4 is 34.7 Å². The monoisotopic (exact) mass is 487 g/mol. The molecule has 10 heteroatoms. The Balaban J connectivity index is 1.82. The second-order valence-electron chi connectivity index (χ2n) is 6.21. The number of hydrogen-bond acceptors (Lipinski definition) is 4. The first kappa shape index (κ1) is 21.5. The van der Waals surface area contributed by atoms with Crippen LogP contribution in [-0.2, 0) is 19.3 Å². The Morgan fingerprint density at radius 1 is 1.14 bits per heavy atom. The van der Waals surface area contributed by atoms with Crippen molar-refractivity contribution in [1.29, 1.82) is 0 Å². The predicted octanol–water partition coefficient (Wildman–Crippen LogP) is 3.53. The van der Waals surface area contributed by atoms with E-state index in [4.69, 9.17) is 9.84 Å². The summed E-state index contributed by atoms with van der Waals surface area (Å²) in [5, 5.41) is 9.55. The van der Waals surface area contributed by atoms with Gasteiger partial charge in [0.05, 0.1) is 0 Å². The number of benzene rings is 2. The standard InChI is InChI=1S/C19H15AsF3O5S/c21-19(22,23)17-15(18(24)25)11-13-10-14(6-7-16(13)28-17)29(26,27)20-9-8-12-4-2-1-3-5-12/h1-7,10-11,17H,8-9H2,(H,24,25). The third kappa shape index (κ3) is 5.03. The molecule has 2 aromatic carbocycles. The van der Waals surface area contributed by atoms with Crippen molar-refractivity contribution in [1.82, 2.24) is 0 Å². The van der Waals surface area contributed by atoms with E-state index in [0.717, 1.165) is 17.7 Å². The third-order valence-electron chi connectivity index (χ3n) is 4.17. The van der Waals surface area contributed by atoms with E-state index < -0.39 is 46.5 Å². The minimum absolute atomic E-state index is 0.00626. The first-order valence-electron chi connectivity index (χ1n) is 8.38. The molecule has 1 aliphatic rings. The van der Waals surface area contributed by atoms with Crippen LogP contribution in [0.1, 0.15) is 11.1 Å². The summed E-state index contributed by atoms with van der Waals surface area (Å²) in [5.41, 5.74) is 0.0224. The number of halogens is 3. The molecular weight excluding hydrogens is 472 g/mol. The van der Waals surface area contributed by atoms with Gasteiger partial charge in [0.25, 0.3) is 0 Å². The van der Waals surface area contributed by atoms with Gasteiger partial charge < -0.3 is 0 Å². The van der Waals surface area contributed by atoms with E-state index >= 15 is 0 Å². The first-order chi connectivity index (χ1) is 13.6. The molecule has 0 aromatic heterocycles. The van der Waals surface area contributed by atoms with Gasteiger partial charge in [-0.25, -0.2) is 0 Å². The van der Waals surface area contributed by atoms with Crippen molar-refractivity contribution in [3.63, 3.8) is 0 Å². The molecule has 153 valence electrons. The molecular formula is C19H15AsF3O5S.